The smallest absolute Gasteiger partial charge is 0.326 e. The van der Waals surface area contributed by atoms with Crippen LogP contribution in [0.2, 0.25) is 18.1 Å². The molecule has 2 saturated heterocycles. The second-order valence-corrected chi connectivity index (χ2v) is 16.2. The first-order valence-electron chi connectivity index (χ1n) is 12.3. The number of hydrogen-bond acceptors (Lipinski definition) is 6. The third-order valence-electron chi connectivity index (χ3n) is 7.74. The van der Waals surface area contributed by atoms with E-state index in [1.807, 2.05) is 40.8 Å². The Morgan fingerprint density at radius 2 is 1.82 bits per heavy atom. The molecule has 0 aromatic rings. The molecule has 2 fully saturated rings. The van der Waals surface area contributed by atoms with Gasteiger partial charge in [-0.2, -0.15) is 0 Å². The summed E-state index contributed by atoms with van der Waals surface area (Å²) in [6, 6.07) is -1.03. The lowest BCUT2D eigenvalue weighted by Gasteiger charge is -2.50. The van der Waals surface area contributed by atoms with Gasteiger partial charge in [-0.3, -0.25) is 9.59 Å². The van der Waals surface area contributed by atoms with Crippen LogP contribution in [0.4, 0.5) is 0 Å². The normalized spacial score (nSPS) is 29.4. The van der Waals surface area contributed by atoms with Gasteiger partial charge in [0.2, 0.25) is 5.79 Å². The number of aliphatic hydroxyl groups is 1. The van der Waals surface area contributed by atoms with Crippen LogP contribution in [0.1, 0.15) is 73.1 Å². The van der Waals surface area contributed by atoms with E-state index in [1.54, 1.807) is 6.92 Å². The minimum Gasteiger partial charge on any atom is -0.480 e. The van der Waals surface area contributed by atoms with Crippen LogP contribution in [0.3, 0.4) is 0 Å². The number of carbonyl (C=O) groups is 3. The molecule has 2 aliphatic rings. The summed E-state index contributed by atoms with van der Waals surface area (Å²) in [6.07, 6.45) is 1.77. The maximum Gasteiger partial charge on any atom is 0.326 e. The predicted octanol–water partition coefficient (Wildman–Crippen LogP) is 3.88. The first kappa shape index (κ1) is 28.7. The average Bonchev–Trinajstić information content (AvgIpc) is 2.73. The Morgan fingerprint density at radius 3 is 2.35 bits per heavy atom. The number of nitrogens with zero attached hydrogens (tertiary/aromatic N) is 1. The lowest BCUT2D eigenvalue weighted by molar-refractivity contribution is -0.257. The Kier molecular flexibility index (Phi) is 8.94. The summed E-state index contributed by atoms with van der Waals surface area (Å²) in [6.45, 7) is 17.7. The lowest BCUT2D eigenvalue weighted by Crippen LogP contribution is -2.65. The number of likely N-dealkylation sites (tertiary alicyclic amines) is 1. The van der Waals surface area contributed by atoms with Crippen molar-refractivity contribution >= 4 is 26.0 Å². The topological polar surface area (TPSA) is 113 Å². The van der Waals surface area contributed by atoms with E-state index in [0.29, 0.717) is 37.7 Å². The number of aliphatic carboxylic acids is 1. The number of amides is 1. The number of carboxylic acid groups (broad SMARTS) is 1. The fourth-order valence-corrected chi connectivity index (χ4v) is 5.76. The Balaban J connectivity index is 2.49. The maximum absolute atomic E-state index is 14.0. The van der Waals surface area contributed by atoms with Gasteiger partial charge in [0.05, 0.1) is 12.2 Å². The third-order valence-corrected chi connectivity index (χ3v) is 12.2. The molecule has 2 heterocycles. The van der Waals surface area contributed by atoms with Crippen molar-refractivity contribution in [3.63, 3.8) is 0 Å². The number of ketones is 1. The van der Waals surface area contributed by atoms with Crippen LogP contribution in [0.15, 0.2) is 12.2 Å². The summed E-state index contributed by atoms with van der Waals surface area (Å²) >= 11 is 0. The molecule has 9 heteroatoms. The Morgan fingerprint density at radius 1 is 1.21 bits per heavy atom. The van der Waals surface area contributed by atoms with Gasteiger partial charge in [0.25, 0.3) is 11.7 Å². The Hall–Kier alpha value is -1.55. The summed E-state index contributed by atoms with van der Waals surface area (Å²) in [7, 11) is -2.61. The van der Waals surface area contributed by atoms with Gasteiger partial charge in [-0.05, 0) is 57.2 Å². The van der Waals surface area contributed by atoms with Crippen LogP contribution in [-0.4, -0.2) is 71.7 Å². The van der Waals surface area contributed by atoms with Crippen molar-refractivity contribution in [2.45, 2.75) is 115 Å². The number of hydrogen-bond donors (Lipinski definition) is 2. The van der Waals surface area contributed by atoms with Crippen LogP contribution in [0, 0.1) is 5.92 Å². The zero-order valence-corrected chi connectivity index (χ0v) is 22.8. The zero-order valence-electron chi connectivity index (χ0n) is 21.8. The molecule has 0 spiro atoms. The van der Waals surface area contributed by atoms with E-state index in [9.17, 15) is 24.6 Å². The molecule has 8 nitrogen and oxygen atoms in total. The van der Waals surface area contributed by atoms with E-state index in [4.69, 9.17) is 9.16 Å². The summed E-state index contributed by atoms with van der Waals surface area (Å²) < 4.78 is 13.0. The van der Waals surface area contributed by atoms with Gasteiger partial charge in [0, 0.05) is 18.9 Å². The summed E-state index contributed by atoms with van der Waals surface area (Å²) in [5.41, 5.74) is 0.596. The molecule has 0 radical (unpaired) electrons. The summed E-state index contributed by atoms with van der Waals surface area (Å²) in [4.78, 5) is 40.5. The maximum atomic E-state index is 14.0. The lowest BCUT2D eigenvalue weighted by atomic mass is 9.85. The number of ether oxygens (including phenoxy) is 1. The minimum atomic E-state index is -2.61. The molecular weight excluding hydrogens is 454 g/mol. The van der Waals surface area contributed by atoms with Crippen LogP contribution in [0.5, 0.6) is 0 Å². The summed E-state index contributed by atoms with van der Waals surface area (Å²) in [5.74, 6) is -5.05. The molecule has 2 rings (SSSR count). The van der Waals surface area contributed by atoms with Crippen molar-refractivity contribution in [2.75, 3.05) is 6.54 Å². The van der Waals surface area contributed by atoms with Crippen molar-refractivity contribution in [2.24, 2.45) is 5.92 Å². The Bertz CT molecular complexity index is 806. The number of aliphatic hydroxyl groups excluding tert-OH is 1. The van der Waals surface area contributed by atoms with Gasteiger partial charge in [0.15, 0.2) is 8.32 Å². The highest BCUT2D eigenvalue weighted by molar-refractivity contribution is 6.74. The average molecular weight is 498 g/mol. The van der Waals surface area contributed by atoms with Crippen molar-refractivity contribution < 1.29 is 33.8 Å². The second kappa shape index (κ2) is 10.6. The standard InChI is InChI=1S/C25H43NO7Si/c1-16(2)20(27)15-18-13-12-17(3)25(32-18,33-34(7,8)24(4,5)6)21(28)22(29)26-14-10-9-11-19(26)23(30)31/h17-20,27H,1,9-15H2,2-8H3,(H,30,31)/t17-,18+,19+,20+,25?/m1/s1. The fraction of sp³-hybridized carbons (Fsp3) is 0.800. The van der Waals surface area contributed by atoms with Gasteiger partial charge in [-0.15, -0.1) is 0 Å². The highest BCUT2D eigenvalue weighted by atomic mass is 28.4. The molecule has 2 aliphatic heterocycles. The van der Waals surface area contributed by atoms with Gasteiger partial charge in [0.1, 0.15) is 6.04 Å². The molecule has 0 saturated carbocycles. The van der Waals surface area contributed by atoms with Gasteiger partial charge < -0.3 is 24.3 Å². The van der Waals surface area contributed by atoms with Crippen molar-refractivity contribution in [3.05, 3.63) is 12.2 Å². The number of Topliss-reactive ketones (excluding diaryl/α,β-unsaturated/α-hetero) is 1. The van der Waals surface area contributed by atoms with E-state index in [0.717, 1.165) is 0 Å². The van der Waals surface area contributed by atoms with Gasteiger partial charge in [-0.25, -0.2) is 4.79 Å². The monoisotopic (exact) mass is 497 g/mol. The highest BCUT2D eigenvalue weighted by Crippen LogP contribution is 2.45. The van der Waals surface area contributed by atoms with E-state index in [-0.39, 0.29) is 18.0 Å². The number of rotatable bonds is 8. The van der Waals surface area contributed by atoms with E-state index < -0.39 is 55.9 Å². The van der Waals surface area contributed by atoms with Crippen LogP contribution in [0.25, 0.3) is 0 Å². The fourth-order valence-electron chi connectivity index (χ4n) is 4.36. The SMILES string of the molecule is C=C(C)[C@@H](O)C[C@@H]1CC[C@@H](C)C(O[Si](C)(C)C(C)(C)C)(C(=O)C(=O)N2CCCC[C@H]2C(=O)O)O1. The van der Waals surface area contributed by atoms with Crippen LogP contribution in [-0.2, 0) is 23.5 Å². The zero-order chi connectivity index (χ0) is 26.1. The molecule has 34 heavy (non-hydrogen) atoms. The van der Waals surface area contributed by atoms with Crippen LogP contribution < -0.4 is 0 Å². The molecular formula is C25H43NO7Si. The molecule has 1 unspecified atom stereocenters. The molecule has 0 bridgehead atoms. The first-order valence-corrected chi connectivity index (χ1v) is 15.2. The highest BCUT2D eigenvalue weighted by Gasteiger charge is 2.58. The molecule has 1 amide bonds. The second-order valence-electron chi connectivity index (χ2n) is 11.5. The largest absolute Gasteiger partial charge is 0.480 e. The van der Waals surface area contributed by atoms with Crippen molar-refractivity contribution in [1.82, 2.24) is 4.90 Å². The van der Waals surface area contributed by atoms with E-state index >= 15 is 0 Å². The number of carboxylic acids is 1. The predicted molar refractivity (Wildman–Crippen MR) is 132 cm³/mol. The van der Waals surface area contributed by atoms with Crippen LogP contribution >= 0.6 is 0 Å². The number of carbonyl (C=O) groups excluding carboxylic acids is 2. The van der Waals surface area contributed by atoms with Crippen molar-refractivity contribution in [3.8, 4) is 0 Å². The minimum absolute atomic E-state index is 0.212. The van der Waals surface area contributed by atoms with E-state index in [2.05, 4.69) is 6.58 Å². The van der Waals surface area contributed by atoms with Crippen molar-refractivity contribution in [1.29, 1.82) is 0 Å². The van der Waals surface area contributed by atoms with Gasteiger partial charge in [-0.1, -0.05) is 39.8 Å². The molecule has 5 atom stereocenters. The third kappa shape index (κ3) is 5.98. The molecule has 2 N–H and O–H groups in total. The van der Waals surface area contributed by atoms with Gasteiger partial charge >= 0.3 is 5.97 Å². The molecule has 0 aromatic heterocycles. The Labute approximate surface area is 204 Å². The quantitative estimate of drug-likeness (QED) is 0.297. The number of piperidine rings is 1. The molecule has 0 aromatic carbocycles. The first-order chi connectivity index (χ1) is 15.5. The van der Waals surface area contributed by atoms with E-state index in [1.165, 1.54) is 4.90 Å². The summed E-state index contributed by atoms with van der Waals surface area (Å²) in [5, 5.41) is 19.8. The molecule has 194 valence electrons. The molecule has 0 aliphatic carbocycles.